The number of alkyl halides is 2. The Hall–Kier alpha value is 0.540. The first-order chi connectivity index (χ1) is 6.36. The summed E-state index contributed by atoms with van der Waals surface area (Å²) in [5, 5.41) is 0. The molecule has 1 rings (SSSR count). The van der Waals surface area contributed by atoms with Crippen LogP contribution in [-0.4, -0.2) is 36.3 Å². The first-order valence-corrected chi connectivity index (χ1v) is 6.28. The van der Waals surface area contributed by atoms with Gasteiger partial charge in [0.1, 0.15) is 0 Å². The highest BCUT2D eigenvalue weighted by Gasteiger charge is 2.17. The van der Waals surface area contributed by atoms with Crippen LogP contribution in [0.1, 0.15) is 25.7 Å². The Morgan fingerprint density at radius 2 is 1.77 bits per heavy atom. The first-order valence-electron chi connectivity index (χ1n) is 5.21. The summed E-state index contributed by atoms with van der Waals surface area (Å²) >= 11 is 11.4. The smallest absolute Gasteiger partial charge is 0.0351 e. The van der Waals surface area contributed by atoms with Gasteiger partial charge in [0, 0.05) is 18.3 Å². The van der Waals surface area contributed by atoms with E-state index in [0.717, 1.165) is 24.2 Å². The zero-order valence-electron chi connectivity index (χ0n) is 8.14. The molecule has 1 saturated heterocycles. The summed E-state index contributed by atoms with van der Waals surface area (Å²) in [6.45, 7) is 3.53. The molecule has 1 aliphatic heterocycles. The van der Waals surface area contributed by atoms with E-state index in [4.69, 9.17) is 23.2 Å². The second-order valence-electron chi connectivity index (χ2n) is 3.81. The molecule has 78 valence electrons. The Kier molecular flexibility index (Phi) is 6.18. The zero-order valence-corrected chi connectivity index (χ0v) is 9.66. The highest BCUT2D eigenvalue weighted by molar-refractivity contribution is 6.18. The van der Waals surface area contributed by atoms with Crippen molar-refractivity contribution in [2.45, 2.75) is 25.7 Å². The summed E-state index contributed by atoms with van der Waals surface area (Å²) in [6, 6.07) is 0. The number of hydrogen-bond donors (Lipinski definition) is 0. The van der Waals surface area contributed by atoms with Gasteiger partial charge in [-0.25, -0.2) is 0 Å². The predicted molar refractivity (Wildman–Crippen MR) is 59.8 cm³/mol. The predicted octanol–water partition coefficient (Wildman–Crippen LogP) is 2.96. The van der Waals surface area contributed by atoms with Gasteiger partial charge in [0.05, 0.1) is 0 Å². The number of nitrogens with zero attached hydrogens (tertiary/aromatic N) is 1. The fourth-order valence-corrected chi connectivity index (χ4v) is 2.38. The fraction of sp³-hybridized carbons (Fsp3) is 1.00. The van der Waals surface area contributed by atoms with Gasteiger partial charge in [-0.3, -0.25) is 0 Å². The van der Waals surface area contributed by atoms with E-state index < -0.39 is 0 Å². The number of rotatable bonds is 5. The molecule has 0 saturated carbocycles. The normalized spacial score (nSPS) is 20.8. The second kappa shape index (κ2) is 6.92. The van der Waals surface area contributed by atoms with Crippen molar-refractivity contribution in [3.8, 4) is 0 Å². The Bertz CT molecular complexity index is 122. The standard InChI is InChI=1S/C10H19Cl2N/c11-5-1-2-10-3-7-13(8-4-10)9-6-12/h10H,1-9H2. The lowest BCUT2D eigenvalue weighted by Gasteiger charge is -2.31. The van der Waals surface area contributed by atoms with E-state index in [-0.39, 0.29) is 0 Å². The summed E-state index contributed by atoms with van der Waals surface area (Å²) < 4.78 is 0. The molecule has 0 unspecified atom stereocenters. The second-order valence-corrected chi connectivity index (χ2v) is 4.56. The van der Waals surface area contributed by atoms with Gasteiger partial charge in [0.15, 0.2) is 0 Å². The van der Waals surface area contributed by atoms with Crippen LogP contribution in [0.15, 0.2) is 0 Å². The summed E-state index contributed by atoms with van der Waals surface area (Å²) in [6.07, 6.45) is 5.18. The van der Waals surface area contributed by atoms with E-state index in [1.165, 1.54) is 38.8 Å². The maximum absolute atomic E-state index is 5.70. The van der Waals surface area contributed by atoms with Crippen LogP contribution in [0.5, 0.6) is 0 Å². The summed E-state index contributed by atoms with van der Waals surface area (Å²) in [4.78, 5) is 2.46. The number of piperidine rings is 1. The molecule has 0 N–H and O–H groups in total. The van der Waals surface area contributed by atoms with Crippen LogP contribution in [0.4, 0.5) is 0 Å². The van der Waals surface area contributed by atoms with Crippen molar-refractivity contribution in [2.75, 3.05) is 31.4 Å². The van der Waals surface area contributed by atoms with Gasteiger partial charge in [-0.15, -0.1) is 23.2 Å². The van der Waals surface area contributed by atoms with E-state index in [0.29, 0.717) is 0 Å². The summed E-state index contributed by atoms with van der Waals surface area (Å²) in [5.41, 5.74) is 0. The van der Waals surface area contributed by atoms with E-state index in [1.54, 1.807) is 0 Å². The molecule has 0 aliphatic carbocycles. The Morgan fingerprint density at radius 1 is 1.08 bits per heavy atom. The number of hydrogen-bond acceptors (Lipinski definition) is 1. The molecule has 13 heavy (non-hydrogen) atoms. The van der Waals surface area contributed by atoms with Crippen molar-refractivity contribution in [1.29, 1.82) is 0 Å². The van der Waals surface area contributed by atoms with Crippen molar-refractivity contribution in [1.82, 2.24) is 4.90 Å². The Morgan fingerprint density at radius 3 is 2.31 bits per heavy atom. The molecular weight excluding hydrogens is 205 g/mol. The van der Waals surface area contributed by atoms with Gasteiger partial charge in [0.2, 0.25) is 0 Å². The van der Waals surface area contributed by atoms with Crippen molar-refractivity contribution in [3.63, 3.8) is 0 Å². The van der Waals surface area contributed by atoms with E-state index in [1.807, 2.05) is 0 Å². The number of halogens is 2. The molecule has 0 aromatic heterocycles. The molecular formula is C10H19Cl2N. The third-order valence-corrected chi connectivity index (χ3v) is 3.29. The van der Waals surface area contributed by atoms with Crippen LogP contribution in [0.2, 0.25) is 0 Å². The summed E-state index contributed by atoms with van der Waals surface area (Å²) in [7, 11) is 0. The molecule has 0 spiro atoms. The van der Waals surface area contributed by atoms with Gasteiger partial charge in [-0.2, -0.15) is 0 Å². The molecule has 0 aromatic rings. The monoisotopic (exact) mass is 223 g/mol. The third kappa shape index (κ3) is 4.53. The van der Waals surface area contributed by atoms with Crippen molar-refractivity contribution < 1.29 is 0 Å². The van der Waals surface area contributed by atoms with E-state index in [9.17, 15) is 0 Å². The molecule has 3 heteroatoms. The van der Waals surface area contributed by atoms with Crippen LogP contribution < -0.4 is 0 Å². The maximum atomic E-state index is 5.70. The van der Waals surface area contributed by atoms with E-state index in [2.05, 4.69) is 4.90 Å². The highest BCUT2D eigenvalue weighted by Crippen LogP contribution is 2.21. The van der Waals surface area contributed by atoms with Crippen LogP contribution in [0.3, 0.4) is 0 Å². The molecule has 1 nitrogen and oxygen atoms in total. The summed E-state index contributed by atoms with van der Waals surface area (Å²) in [5.74, 6) is 2.51. The SMILES string of the molecule is ClCCCC1CCN(CCCl)CC1. The average molecular weight is 224 g/mol. The van der Waals surface area contributed by atoms with Crippen molar-refractivity contribution in [3.05, 3.63) is 0 Å². The molecule has 0 radical (unpaired) electrons. The number of likely N-dealkylation sites (tertiary alicyclic amines) is 1. The van der Waals surface area contributed by atoms with Gasteiger partial charge in [0.25, 0.3) is 0 Å². The topological polar surface area (TPSA) is 3.24 Å². The van der Waals surface area contributed by atoms with Crippen LogP contribution in [0, 0.1) is 5.92 Å². The van der Waals surface area contributed by atoms with Gasteiger partial charge in [-0.1, -0.05) is 0 Å². The third-order valence-electron chi connectivity index (χ3n) is 2.85. The zero-order chi connectivity index (χ0) is 9.52. The lowest BCUT2D eigenvalue weighted by Crippen LogP contribution is -2.34. The van der Waals surface area contributed by atoms with E-state index >= 15 is 0 Å². The lowest BCUT2D eigenvalue weighted by atomic mass is 9.92. The molecule has 0 bridgehead atoms. The molecule has 0 atom stereocenters. The first kappa shape index (κ1) is 11.6. The molecule has 1 fully saturated rings. The van der Waals surface area contributed by atoms with Gasteiger partial charge in [-0.05, 0) is 44.7 Å². The quantitative estimate of drug-likeness (QED) is 0.649. The van der Waals surface area contributed by atoms with Crippen LogP contribution in [-0.2, 0) is 0 Å². The van der Waals surface area contributed by atoms with Crippen molar-refractivity contribution >= 4 is 23.2 Å². The Labute approximate surface area is 91.4 Å². The Balaban J connectivity index is 2.08. The maximum Gasteiger partial charge on any atom is 0.0351 e. The minimum Gasteiger partial charge on any atom is -0.302 e. The molecule has 1 heterocycles. The minimum atomic E-state index is 0.770. The van der Waals surface area contributed by atoms with Gasteiger partial charge >= 0.3 is 0 Å². The van der Waals surface area contributed by atoms with Gasteiger partial charge < -0.3 is 4.90 Å². The molecule has 1 aliphatic rings. The van der Waals surface area contributed by atoms with Crippen LogP contribution in [0.25, 0.3) is 0 Å². The highest BCUT2D eigenvalue weighted by atomic mass is 35.5. The minimum absolute atomic E-state index is 0.770. The fourth-order valence-electron chi connectivity index (χ4n) is 1.98. The van der Waals surface area contributed by atoms with Crippen molar-refractivity contribution in [2.24, 2.45) is 5.92 Å². The lowest BCUT2D eigenvalue weighted by molar-refractivity contribution is 0.187. The largest absolute Gasteiger partial charge is 0.302 e. The average Bonchev–Trinajstić information content (AvgIpc) is 2.17. The molecule has 0 aromatic carbocycles. The molecule has 0 amide bonds. The van der Waals surface area contributed by atoms with Crippen LogP contribution >= 0.6 is 23.2 Å².